The van der Waals surface area contributed by atoms with Gasteiger partial charge in [0.05, 0.1) is 18.6 Å². The lowest BCUT2D eigenvalue weighted by atomic mass is 9.78. The molecule has 1 saturated carbocycles. The molecule has 0 aromatic rings. The highest BCUT2D eigenvalue weighted by Gasteiger charge is 2.60. The second-order valence-corrected chi connectivity index (χ2v) is 3.38. The molecule has 14 heavy (non-hydrogen) atoms. The molecule has 1 aliphatic carbocycles. The van der Waals surface area contributed by atoms with Gasteiger partial charge in [0.2, 0.25) is 0 Å². The van der Waals surface area contributed by atoms with Gasteiger partial charge in [0.15, 0.2) is 0 Å². The van der Waals surface area contributed by atoms with Crippen molar-refractivity contribution in [2.24, 2.45) is 5.92 Å². The van der Waals surface area contributed by atoms with Crippen molar-refractivity contribution in [3.8, 4) is 0 Å². The minimum absolute atomic E-state index is 1.09. The lowest BCUT2D eigenvalue weighted by Crippen LogP contribution is -2.65. The summed E-state index contributed by atoms with van der Waals surface area (Å²) >= 11 is 0. The summed E-state index contributed by atoms with van der Waals surface area (Å²) in [4.78, 5) is 0. The van der Waals surface area contributed by atoms with Gasteiger partial charge >= 0.3 is 0 Å². The molecule has 5 nitrogen and oxygen atoms in total. The van der Waals surface area contributed by atoms with Crippen LogP contribution < -0.4 is 0 Å². The predicted molar refractivity (Wildman–Crippen MR) is 39.6 cm³/mol. The van der Waals surface area contributed by atoms with E-state index in [0.29, 0.717) is 0 Å². The molecular formula is C7H12F2O5. The second kappa shape index (κ2) is 3.67. The monoisotopic (exact) mass is 214 g/mol. The van der Waals surface area contributed by atoms with Crippen LogP contribution in [0.25, 0.3) is 0 Å². The van der Waals surface area contributed by atoms with Crippen molar-refractivity contribution in [1.82, 2.24) is 0 Å². The predicted octanol–water partition coefficient (Wildman–Crippen LogP) is -2.31. The minimum Gasteiger partial charge on any atom is -0.396 e. The normalized spacial score (nSPS) is 47.8. The zero-order valence-corrected chi connectivity index (χ0v) is 7.09. The molecule has 0 radical (unpaired) electrons. The zero-order valence-electron chi connectivity index (χ0n) is 7.09. The Hall–Kier alpha value is -0.340. The number of hydrogen-bond acceptors (Lipinski definition) is 5. The summed E-state index contributed by atoms with van der Waals surface area (Å²) in [7, 11) is 0. The summed E-state index contributed by atoms with van der Waals surface area (Å²) in [5.74, 6) is -5.80. The molecule has 0 spiro atoms. The van der Waals surface area contributed by atoms with E-state index in [2.05, 4.69) is 0 Å². The quantitative estimate of drug-likeness (QED) is 0.337. The summed E-state index contributed by atoms with van der Waals surface area (Å²) in [6.45, 7) is -1.09. The van der Waals surface area contributed by atoms with Crippen LogP contribution in [0.1, 0.15) is 0 Å². The highest BCUT2D eigenvalue weighted by atomic mass is 19.3. The van der Waals surface area contributed by atoms with Crippen LogP contribution in [0.3, 0.4) is 0 Å². The van der Waals surface area contributed by atoms with E-state index in [1.54, 1.807) is 0 Å². The Kier molecular flexibility index (Phi) is 3.07. The van der Waals surface area contributed by atoms with Crippen LogP contribution in [-0.2, 0) is 0 Å². The average molecular weight is 214 g/mol. The van der Waals surface area contributed by atoms with E-state index in [4.69, 9.17) is 25.5 Å². The highest BCUT2D eigenvalue weighted by molar-refractivity contribution is 5.02. The van der Waals surface area contributed by atoms with Gasteiger partial charge in [-0.15, -0.1) is 0 Å². The van der Waals surface area contributed by atoms with Gasteiger partial charge in [0.25, 0.3) is 5.92 Å². The summed E-state index contributed by atoms with van der Waals surface area (Å²) < 4.78 is 26.2. The largest absolute Gasteiger partial charge is 0.396 e. The molecule has 0 saturated heterocycles. The van der Waals surface area contributed by atoms with Gasteiger partial charge in [-0.1, -0.05) is 0 Å². The van der Waals surface area contributed by atoms with Crippen LogP contribution in [-0.4, -0.2) is 62.5 Å². The number of rotatable bonds is 1. The first kappa shape index (κ1) is 11.7. The maximum atomic E-state index is 13.1. The highest BCUT2D eigenvalue weighted by Crippen LogP contribution is 2.38. The Bertz CT molecular complexity index is 212. The van der Waals surface area contributed by atoms with Gasteiger partial charge in [-0.25, -0.2) is 8.78 Å². The fraction of sp³-hybridized carbons (Fsp3) is 1.00. The molecule has 0 unspecified atom stereocenters. The molecule has 1 rings (SSSR count). The second-order valence-electron chi connectivity index (χ2n) is 3.38. The molecule has 5 N–H and O–H groups in total. The van der Waals surface area contributed by atoms with E-state index in [1.807, 2.05) is 0 Å². The topological polar surface area (TPSA) is 101 Å². The Morgan fingerprint density at radius 2 is 1.43 bits per heavy atom. The van der Waals surface area contributed by atoms with Crippen LogP contribution in [0.5, 0.6) is 0 Å². The Labute approximate surface area is 78.2 Å². The van der Waals surface area contributed by atoms with Crippen LogP contribution >= 0.6 is 0 Å². The van der Waals surface area contributed by atoms with Crippen LogP contribution in [0, 0.1) is 5.92 Å². The van der Waals surface area contributed by atoms with Crippen molar-refractivity contribution < 1.29 is 34.3 Å². The minimum atomic E-state index is -3.83. The van der Waals surface area contributed by atoms with Crippen molar-refractivity contribution in [2.75, 3.05) is 6.61 Å². The molecule has 0 aliphatic heterocycles. The number of hydrogen-bond donors (Lipinski definition) is 5. The summed E-state index contributed by atoms with van der Waals surface area (Å²) in [6.07, 6.45) is -8.46. The molecule has 0 aromatic heterocycles. The number of alkyl halides is 2. The Balaban J connectivity index is 2.96. The van der Waals surface area contributed by atoms with Gasteiger partial charge in [-0.3, -0.25) is 0 Å². The maximum Gasteiger partial charge on any atom is 0.283 e. The molecule has 0 heterocycles. The van der Waals surface area contributed by atoms with Gasteiger partial charge < -0.3 is 25.5 Å². The molecular weight excluding hydrogens is 202 g/mol. The molecule has 0 amide bonds. The van der Waals surface area contributed by atoms with Gasteiger partial charge in [0.1, 0.15) is 18.3 Å². The first-order chi connectivity index (χ1) is 6.34. The van der Waals surface area contributed by atoms with Gasteiger partial charge in [-0.05, 0) is 0 Å². The summed E-state index contributed by atoms with van der Waals surface area (Å²) in [6, 6.07) is 0. The lowest BCUT2D eigenvalue weighted by molar-refractivity contribution is -0.273. The van der Waals surface area contributed by atoms with E-state index in [0.717, 1.165) is 0 Å². The first-order valence-electron chi connectivity index (χ1n) is 4.05. The molecule has 0 aromatic carbocycles. The first-order valence-corrected chi connectivity index (χ1v) is 4.05. The standard InChI is InChI=1S/C7H12F2O5/c8-7(9)2(1-10)3(11)4(12)5(13)6(7)14/h2-6,10-14H,1H2/t2-,3+,4+,5-,6-/m1/s1. The molecule has 5 atom stereocenters. The van der Waals surface area contributed by atoms with Crippen molar-refractivity contribution in [2.45, 2.75) is 30.3 Å². The molecule has 7 heteroatoms. The van der Waals surface area contributed by atoms with E-state index in [-0.39, 0.29) is 0 Å². The maximum absolute atomic E-state index is 13.1. The third-order valence-corrected chi connectivity index (χ3v) is 2.52. The van der Waals surface area contributed by atoms with E-state index in [1.165, 1.54) is 0 Å². The van der Waals surface area contributed by atoms with Crippen molar-refractivity contribution >= 4 is 0 Å². The molecule has 0 bridgehead atoms. The van der Waals surface area contributed by atoms with Crippen LogP contribution in [0.2, 0.25) is 0 Å². The summed E-state index contributed by atoms with van der Waals surface area (Å²) in [5.41, 5.74) is 0. The fourth-order valence-corrected chi connectivity index (χ4v) is 1.53. The third-order valence-electron chi connectivity index (χ3n) is 2.52. The Morgan fingerprint density at radius 3 is 1.86 bits per heavy atom. The lowest BCUT2D eigenvalue weighted by Gasteiger charge is -2.43. The van der Waals surface area contributed by atoms with E-state index < -0.39 is 42.9 Å². The van der Waals surface area contributed by atoms with Crippen LogP contribution in [0.15, 0.2) is 0 Å². The fourth-order valence-electron chi connectivity index (χ4n) is 1.53. The van der Waals surface area contributed by atoms with Crippen molar-refractivity contribution in [1.29, 1.82) is 0 Å². The Morgan fingerprint density at radius 1 is 0.929 bits per heavy atom. The van der Waals surface area contributed by atoms with Crippen LogP contribution in [0.4, 0.5) is 8.78 Å². The molecule has 1 aliphatic rings. The molecule has 84 valence electrons. The van der Waals surface area contributed by atoms with E-state index >= 15 is 0 Å². The SMILES string of the molecule is OC[C@@H]1[C@H](O)[C@H](O)[C@@H](O)[C@@H](O)C1(F)F. The summed E-state index contributed by atoms with van der Waals surface area (Å²) in [5, 5.41) is 44.6. The number of aliphatic hydroxyl groups is 5. The van der Waals surface area contributed by atoms with Crippen molar-refractivity contribution in [3.05, 3.63) is 0 Å². The number of aliphatic hydroxyl groups excluding tert-OH is 5. The zero-order chi connectivity index (χ0) is 11.1. The smallest absolute Gasteiger partial charge is 0.283 e. The van der Waals surface area contributed by atoms with E-state index in [9.17, 15) is 8.78 Å². The molecule has 1 fully saturated rings. The average Bonchev–Trinajstić information content (AvgIpc) is 2.13. The van der Waals surface area contributed by atoms with Crippen molar-refractivity contribution in [3.63, 3.8) is 0 Å². The van der Waals surface area contributed by atoms with Gasteiger partial charge in [0, 0.05) is 0 Å². The van der Waals surface area contributed by atoms with Gasteiger partial charge in [-0.2, -0.15) is 0 Å². The third kappa shape index (κ3) is 1.51. The number of halogens is 2.